The van der Waals surface area contributed by atoms with Crippen LogP contribution in [0.4, 0.5) is 0 Å². The Labute approximate surface area is 207 Å². The molecule has 35 heavy (non-hydrogen) atoms. The Morgan fingerprint density at radius 1 is 1.11 bits per heavy atom. The number of benzene rings is 2. The number of aryl methyl sites for hydroxylation is 2. The van der Waals surface area contributed by atoms with Crippen LogP contribution in [-0.4, -0.2) is 55.0 Å². The Morgan fingerprint density at radius 3 is 2.71 bits per heavy atom. The van der Waals surface area contributed by atoms with Crippen LogP contribution in [0.3, 0.4) is 0 Å². The van der Waals surface area contributed by atoms with Gasteiger partial charge in [-0.2, -0.15) is 0 Å². The highest BCUT2D eigenvalue weighted by Gasteiger charge is 2.17. The number of ether oxygens (including phenoxy) is 1. The number of aliphatic hydroxyl groups is 2. The van der Waals surface area contributed by atoms with Gasteiger partial charge in [-0.1, -0.05) is 30.3 Å². The second kappa shape index (κ2) is 11.5. The standard InChI is InChI=1S/C28H36N4O3/c1-21-22(2)32(27-11-5-4-10-26(21)27)19-24(34)18-31(13-7-15-33)17-23-8-6-9-25(16-23)35-20-28-29-12-14-30(28)3/h4-6,8-12,14,16,24,33-34H,7,13,15,17-20H2,1-3H3. The summed E-state index contributed by atoms with van der Waals surface area (Å²) in [5, 5.41) is 21.7. The van der Waals surface area contributed by atoms with Gasteiger partial charge in [0.05, 0.1) is 12.6 Å². The average molecular weight is 477 g/mol. The number of nitrogens with zero attached hydrogens (tertiary/aromatic N) is 4. The second-order valence-corrected chi connectivity index (χ2v) is 9.19. The van der Waals surface area contributed by atoms with Crippen LogP contribution in [0, 0.1) is 13.8 Å². The first-order valence-corrected chi connectivity index (χ1v) is 12.2. The van der Waals surface area contributed by atoms with E-state index in [0.29, 0.717) is 39.2 Å². The van der Waals surface area contributed by atoms with Crippen molar-refractivity contribution in [1.29, 1.82) is 0 Å². The van der Waals surface area contributed by atoms with Crippen molar-refractivity contribution in [2.24, 2.45) is 7.05 Å². The summed E-state index contributed by atoms with van der Waals surface area (Å²) < 4.78 is 10.1. The van der Waals surface area contributed by atoms with Crippen LogP contribution in [0.5, 0.6) is 5.75 Å². The zero-order valence-electron chi connectivity index (χ0n) is 20.9. The molecule has 186 valence electrons. The van der Waals surface area contributed by atoms with Crippen molar-refractivity contribution in [2.75, 3.05) is 19.7 Å². The summed E-state index contributed by atoms with van der Waals surface area (Å²) in [7, 11) is 1.95. The van der Waals surface area contributed by atoms with Gasteiger partial charge in [0.15, 0.2) is 0 Å². The largest absolute Gasteiger partial charge is 0.486 e. The molecule has 7 nitrogen and oxygen atoms in total. The third-order valence-electron chi connectivity index (χ3n) is 6.63. The minimum absolute atomic E-state index is 0.125. The maximum Gasteiger partial charge on any atom is 0.146 e. The van der Waals surface area contributed by atoms with Crippen molar-refractivity contribution in [2.45, 2.75) is 46.1 Å². The molecule has 0 aliphatic carbocycles. The quantitative estimate of drug-likeness (QED) is 0.325. The Hall–Kier alpha value is -3.13. The summed E-state index contributed by atoms with van der Waals surface area (Å²) in [6.45, 7) is 7.20. The van der Waals surface area contributed by atoms with E-state index in [0.717, 1.165) is 22.7 Å². The molecular formula is C28H36N4O3. The average Bonchev–Trinajstić information content (AvgIpc) is 3.37. The second-order valence-electron chi connectivity index (χ2n) is 9.19. The highest BCUT2D eigenvalue weighted by Crippen LogP contribution is 2.25. The fourth-order valence-electron chi connectivity index (χ4n) is 4.61. The molecule has 0 saturated carbocycles. The van der Waals surface area contributed by atoms with Crippen molar-refractivity contribution >= 4 is 10.9 Å². The van der Waals surface area contributed by atoms with E-state index in [1.165, 1.54) is 16.6 Å². The van der Waals surface area contributed by atoms with Crippen LogP contribution in [-0.2, 0) is 26.7 Å². The van der Waals surface area contributed by atoms with Gasteiger partial charge in [-0.25, -0.2) is 4.98 Å². The van der Waals surface area contributed by atoms with Gasteiger partial charge in [0, 0.05) is 62.3 Å². The number of para-hydroxylation sites is 1. The first-order valence-electron chi connectivity index (χ1n) is 12.2. The van der Waals surface area contributed by atoms with E-state index < -0.39 is 6.10 Å². The molecule has 2 N–H and O–H groups in total. The third kappa shape index (κ3) is 6.11. The summed E-state index contributed by atoms with van der Waals surface area (Å²) in [4.78, 5) is 6.51. The Morgan fingerprint density at radius 2 is 1.94 bits per heavy atom. The zero-order chi connectivity index (χ0) is 24.8. The van der Waals surface area contributed by atoms with Crippen LogP contribution in [0.15, 0.2) is 60.9 Å². The van der Waals surface area contributed by atoms with Crippen LogP contribution in [0.2, 0.25) is 0 Å². The summed E-state index contributed by atoms with van der Waals surface area (Å²) in [6, 6.07) is 16.4. The van der Waals surface area contributed by atoms with Gasteiger partial charge in [0.1, 0.15) is 18.2 Å². The molecule has 0 bridgehead atoms. The fraction of sp³-hybridized carbons (Fsp3) is 0.393. The van der Waals surface area contributed by atoms with Gasteiger partial charge >= 0.3 is 0 Å². The van der Waals surface area contributed by atoms with Gasteiger partial charge in [-0.3, -0.25) is 4.90 Å². The summed E-state index contributed by atoms with van der Waals surface area (Å²) in [5.74, 6) is 1.66. The van der Waals surface area contributed by atoms with Gasteiger partial charge < -0.3 is 24.1 Å². The normalized spacial score (nSPS) is 12.5. The lowest BCUT2D eigenvalue weighted by molar-refractivity contribution is 0.0908. The number of aromatic nitrogens is 3. The first kappa shape index (κ1) is 25.0. The highest BCUT2D eigenvalue weighted by molar-refractivity contribution is 5.85. The van der Waals surface area contributed by atoms with E-state index in [9.17, 15) is 10.2 Å². The Kier molecular flexibility index (Phi) is 8.23. The molecule has 2 aromatic carbocycles. The zero-order valence-corrected chi connectivity index (χ0v) is 20.9. The number of fused-ring (bicyclic) bond motifs is 1. The topological polar surface area (TPSA) is 75.7 Å². The lowest BCUT2D eigenvalue weighted by Crippen LogP contribution is -2.35. The first-order chi connectivity index (χ1) is 17.0. The molecule has 0 radical (unpaired) electrons. The molecule has 4 aromatic rings. The van der Waals surface area contributed by atoms with Crippen molar-refractivity contribution in [3.63, 3.8) is 0 Å². The lowest BCUT2D eigenvalue weighted by Gasteiger charge is -2.26. The van der Waals surface area contributed by atoms with E-state index in [-0.39, 0.29) is 6.61 Å². The predicted molar refractivity (Wildman–Crippen MR) is 138 cm³/mol. The minimum atomic E-state index is -0.537. The molecule has 7 heteroatoms. The molecule has 0 fully saturated rings. The van der Waals surface area contributed by atoms with Gasteiger partial charge in [-0.15, -0.1) is 0 Å². The molecule has 4 rings (SSSR count). The molecule has 2 aromatic heterocycles. The van der Waals surface area contributed by atoms with Crippen LogP contribution in [0.1, 0.15) is 29.1 Å². The molecule has 1 atom stereocenters. The molecule has 0 spiro atoms. The molecule has 0 amide bonds. The smallest absolute Gasteiger partial charge is 0.146 e. The van der Waals surface area contributed by atoms with E-state index in [4.69, 9.17) is 4.74 Å². The highest BCUT2D eigenvalue weighted by atomic mass is 16.5. The maximum absolute atomic E-state index is 11.1. The monoisotopic (exact) mass is 476 g/mol. The summed E-state index contributed by atoms with van der Waals surface area (Å²) in [5.41, 5.74) is 4.70. The van der Waals surface area contributed by atoms with Gasteiger partial charge in [0.2, 0.25) is 0 Å². The predicted octanol–water partition coefficient (Wildman–Crippen LogP) is 3.82. The van der Waals surface area contributed by atoms with E-state index in [1.54, 1.807) is 6.20 Å². The van der Waals surface area contributed by atoms with Crippen LogP contribution < -0.4 is 4.74 Å². The summed E-state index contributed by atoms with van der Waals surface area (Å²) >= 11 is 0. The molecule has 0 aliphatic rings. The van der Waals surface area contributed by atoms with Crippen molar-refractivity contribution < 1.29 is 14.9 Å². The van der Waals surface area contributed by atoms with Crippen LogP contribution >= 0.6 is 0 Å². The number of imidazole rings is 1. The van der Waals surface area contributed by atoms with E-state index in [2.05, 4.69) is 52.6 Å². The van der Waals surface area contributed by atoms with Gasteiger partial charge in [0.25, 0.3) is 0 Å². The number of hydrogen-bond donors (Lipinski definition) is 2. The van der Waals surface area contributed by atoms with Crippen LogP contribution in [0.25, 0.3) is 10.9 Å². The van der Waals surface area contributed by atoms with Gasteiger partial charge in [-0.05, 0) is 49.6 Å². The summed E-state index contributed by atoms with van der Waals surface area (Å²) in [6.07, 6.45) is 3.79. The van der Waals surface area contributed by atoms with E-state index >= 15 is 0 Å². The molecule has 0 saturated heterocycles. The fourth-order valence-corrected chi connectivity index (χ4v) is 4.61. The third-order valence-corrected chi connectivity index (χ3v) is 6.63. The molecule has 0 aliphatic heterocycles. The lowest BCUT2D eigenvalue weighted by atomic mass is 10.2. The molecular weight excluding hydrogens is 440 g/mol. The number of hydrogen-bond acceptors (Lipinski definition) is 5. The Balaban J connectivity index is 1.42. The van der Waals surface area contributed by atoms with Crippen molar-refractivity contribution in [1.82, 2.24) is 19.0 Å². The number of aliphatic hydroxyl groups excluding tert-OH is 2. The Bertz CT molecular complexity index is 1250. The maximum atomic E-state index is 11.1. The minimum Gasteiger partial charge on any atom is -0.486 e. The SMILES string of the molecule is Cc1c(C)n(CC(O)CN(CCCO)Cc2cccc(OCc3nccn3C)c2)c2ccccc12. The van der Waals surface area contributed by atoms with Crippen molar-refractivity contribution in [3.05, 3.63) is 83.6 Å². The van der Waals surface area contributed by atoms with Crippen molar-refractivity contribution in [3.8, 4) is 5.75 Å². The molecule has 2 heterocycles. The molecule has 1 unspecified atom stereocenters. The van der Waals surface area contributed by atoms with E-state index in [1.807, 2.05) is 42.1 Å². The number of rotatable bonds is 12.